The molecule has 0 aromatic heterocycles. The van der Waals surface area contributed by atoms with Crippen molar-refractivity contribution in [1.82, 2.24) is 0 Å². The third-order valence-corrected chi connectivity index (χ3v) is 3.36. The number of carbonyl (C=O) groups is 1. The number of hydrogen-bond acceptors (Lipinski definition) is 1. The van der Waals surface area contributed by atoms with Crippen LogP contribution in [0.15, 0.2) is 18.2 Å². The number of halogens is 2. The van der Waals surface area contributed by atoms with E-state index in [1.54, 1.807) is 6.07 Å². The first-order valence-electron chi connectivity index (χ1n) is 5.38. The highest BCUT2D eigenvalue weighted by Gasteiger charge is 2.39. The largest absolute Gasteiger partial charge is 0.299 e. The van der Waals surface area contributed by atoms with Gasteiger partial charge in [0.05, 0.1) is 0 Å². The molecule has 0 amide bonds. The normalized spacial score (nSPS) is 23.8. The molecule has 0 aliphatic heterocycles. The van der Waals surface area contributed by atoms with Crippen molar-refractivity contribution in [3.63, 3.8) is 0 Å². The van der Waals surface area contributed by atoms with Crippen LogP contribution in [0.4, 0.5) is 8.78 Å². The maximum atomic E-state index is 13.1. The van der Waals surface area contributed by atoms with Gasteiger partial charge in [0.1, 0.15) is 5.78 Å². The lowest BCUT2D eigenvalue weighted by molar-refractivity contribution is -0.124. The highest BCUT2D eigenvalue weighted by molar-refractivity contribution is 5.87. The molecule has 0 bridgehead atoms. The Labute approximate surface area is 93.5 Å². The Bertz CT molecular complexity index is 438. The van der Waals surface area contributed by atoms with E-state index in [-0.39, 0.29) is 17.1 Å². The van der Waals surface area contributed by atoms with Crippen molar-refractivity contribution >= 4 is 5.78 Å². The molecule has 1 aromatic rings. The molecule has 2 rings (SSSR count). The zero-order valence-corrected chi connectivity index (χ0v) is 9.39. The summed E-state index contributed by atoms with van der Waals surface area (Å²) in [5.74, 6) is -1.46. The van der Waals surface area contributed by atoms with Gasteiger partial charge in [0.25, 0.3) is 0 Å². The average molecular weight is 224 g/mol. The fourth-order valence-corrected chi connectivity index (χ4v) is 2.30. The second-order valence-electron chi connectivity index (χ2n) is 5.09. The Morgan fingerprint density at radius 2 is 1.94 bits per heavy atom. The molecule has 3 heteroatoms. The highest BCUT2D eigenvalue weighted by Crippen LogP contribution is 2.43. The van der Waals surface area contributed by atoms with Crippen LogP contribution in [0.1, 0.15) is 38.2 Å². The van der Waals surface area contributed by atoms with E-state index < -0.39 is 11.6 Å². The summed E-state index contributed by atoms with van der Waals surface area (Å²) in [6.07, 6.45) is 1.13. The van der Waals surface area contributed by atoms with Crippen LogP contribution in [0.3, 0.4) is 0 Å². The Morgan fingerprint density at radius 1 is 1.25 bits per heavy atom. The van der Waals surface area contributed by atoms with Crippen molar-refractivity contribution in [3.05, 3.63) is 35.4 Å². The minimum atomic E-state index is -0.840. The Kier molecular flexibility index (Phi) is 2.56. The van der Waals surface area contributed by atoms with Gasteiger partial charge < -0.3 is 0 Å². The first-order chi connectivity index (χ1) is 7.40. The van der Waals surface area contributed by atoms with Crippen LogP contribution < -0.4 is 0 Å². The molecule has 1 aliphatic carbocycles. The van der Waals surface area contributed by atoms with Gasteiger partial charge in [-0.25, -0.2) is 8.78 Å². The van der Waals surface area contributed by atoms with Crippen molar-refractivity contribution in [2.75, 3.05) is 0 Å². The first-order valence-corrected chi connectivity index (χ1v) is 5.38. The predicted molar refractivity (Wildman–Crippen MR) is 57.1 cm³/mol. The minimum Gasteiger partial charge on any atom is -0.299 e. The lowest BCUT2D eigenvalue weighted by atomic mass is 9.88. The Morgan fingerprint density at radius 3 is 2.44 bits per heavy atom. The lowest BCUT2D eigenvalue weighted by Crippen LogP contribution is -2.15. The number of ketones is 1. The van der Waals surface area contributed by atoms with Crippen molar-refractivity contribution in [2.24, 2.45) is 5.41 Å². The molecule has 0 spiro atoms. The molecule has 1 nitrogen and oxygen atoms in total. The Balaban J connectivity index is 2.27. The monoisotopic (exact) mass is 224 g/mol. The van der Waals surface area contributed by atoms with E-state index in [4.69, 9.17) is 0 Å². The number of benzene rings is 1. The molecule has 1 atom stereocenters. The van der Waals surface area contributed by atoms with Gasteiger partial charge >= 0.3 is 0 Å². The van der Waals surface area contributed by atoms with Gasteiger partial charge in [0, 0.05) is 11.8 Å². The standard InChI is InChI=1S/C13H14F2O/c1-13(2)7-9(6-12(13)16)8-3-4-10(14)11(15)5-8/h3-5,9H,6-7H2,1-2H3/t9-/m1/s1. The summed E-state index contributed by atoms with van der Waals surface area (Å²) < 4.78 is 25.8. The third-order valence-electron chi connectivity index (χ3n) is 3.36. The summed E-state index contributed by atoms with van der Waals surface area (Å²) in [5, 5.41) is 0. The van der Waals surface area contributed by atoms with Gasteiger partial charge in [-0.15, -0.1) is 0 Å². The van der Waals surface area contributed by atoms with Gasteiger partial charge in [-0.1, -0.05) is 19.9 Å². The summed E-state index contributed by atoms with van der Waals surface area (Å²) in [7, 11) is 0. The summed E-state index contributed by atoms with van der Waals surface area (Å²) in [5.41, 5.74) is 0.382. The van der Waals surface area contributed by atoms with E-state index in [1.165, 1.54) is 6.07 Å². The van der Waals surface area contributed by atoms with Crippen LogP contribution in [-0.4, -0.2) is 5.78 Å². The average Bonchev–Trinajstić information content (AvgIpc) is 2.46. The summed E-state index contributed by atoms with van der Waals surface area (Å²) in [6.45, 7) is 3.80. The van der Waals surface area contributed by atoms with Crippen molar-refractivity contribution in [1.29, 1.82) is 0 Å². The molecule has 1 fully saturated rings. The van der Waals surface area contributed by atoms with Crippen molar-refractivity contribution < 1.29 is 13.6 Å². The molecule has 1 aliphatic rings. The SMILES string of the molecule is CC1(C)C[C@H](c2ccc(F)c(F)c2)CC1=O. The molecule has 1 aromatic carbocycles. The quantitative estimate of drug-likeness (QED) is 0.714. The molecule has 86 valence electrons. The number of carbonyl (C=O) groups excluding carboxylic acids is 1. The van der Waals surface area contributed by atoms with E-state index in [1.807, 2.05) is 13.8 Å². The molecule has 0 heterocycles. The van der Waals surface area contributed by atoms with Crippen LogP contribution in [0, 0.1) is 17.0 Å². The lowest BCUT2D eigenvalue weighted by Gasteiger charge is -2.15. The van der Waals surface area contributed by atoms with Crippen LogP contribution >= 0.6 is 0 Å². The molecular formula is C13H14F2O. The zero-order valence-electron chi connectivity index (χ0n) is 9.39. The minimum absolute atomic E-state index is 0.0256. The maximum Gasteiger partial charge on any atom is 0.159 e. The third kappa shape index (κ3) is 1.86. The Hall–Kier alpha value is -1.25. The molecule has 0 saturated heterocycles. The number of hydrogen-bond donors (Lipinski definition) is 0. The van der Waals surface area contributed by atoms with Crippen LogP contribution in [0.25, 0.3) is 0 Å². The molecule has 0 unspecified atom stereocenters. The van der Waals surface area contributed by atoms with Crippen LogP contribution in [0.2, 0.25) is 0 Å². The summed E-state index contributed by atoms with van der Waals surface area (Å²) in [6, 6.07) is 3.90. The van der Waals surface area contributed by atoms with Gasteiger partial charge in [0.15, 0.2) is 11.6 Å². The highest BCUT2D eigenvalue weighted by atomic mass is 19.2. The summed E-state index contributed by atoms with van der Waals surface area (Å²) in [4.78, 5) is 11.7. The second kappa shape index (κ2) is 3.65. The van der Waals surface area contributed by atoms with Gasteiger partial charge in [-0.3, -0.25) is 4.79 Å². The maximum absolute atomic E-state index is 13.1. The number of Topliss-reactive ketones (excluding diaryl/α,β-unsaturated/α-hetero) is 1. The molecule has 0 radical (unpaired) electrons. The predicted octanol–water partition coefficient (Wildman–Crippen LogP) is 3.44. The van der Waals surface area contributed by atoms with Crippen molar-refractivity contribution in [2.45, 2.75) is 32.6 Å². The fourth-order valence-electron chi connectivity index (χ4n) is 2.30. The first kappa shape index (κ1) is 11.2. The van der Waals surface area contributed by atoms with E-state index in [9.17, 15) is 13.6 Å². The van der Waals surface area contributed by atoms with E-state index >= 15 is 0 Å². The number of rotatable bonds is 1. The zero-order chi connectivity index (χ0) is 11.9. The van der Waals surface area contributed by atoms with Crippen molar-refractivity contribution in [3.8, 4) is 0 Å². The molecular weight excluding hydrogens is 210 g/mol. The van der Waals surface area contributed by atoms with Gasteiger partial charge in [0.2, 0.25) is 0 Å². The second-order valence-corrected chi connectivity index (χ2v) is 5.09. The molecule has 0 N–H and O–H groups in total. The summed E-state index contributed by atoms with van der Waals surface area (Å²) >= 11 is 0. The van der Waals surface area contributed by atoms with E-state index in [0.29, 0.717) is 12.8 Å². The van der Waals surface area contributed by atoms with Crippen LogP contribution in [-0.2, 0) is 4.79 Å². The van der Waals surface area contributed by atoms with Gasteiger partial charge in [-0.2, -0.15) is 0 Å². The molecule has 1 saturated carbocycles. The van der Waals surface area contributed by atoms with Crippen LogP contribution in [0.5, 0.6) is 0 Å². The van der Waals surface area contributed by atoms with Gasteiger partial charge in [-0.05, 0) is 30.0 Å². The molecule has 16 heavy (non-hydrogen) atoms. The van der Waals surface area contributed by atoms with E-state index in [2.05, 4.69) is 0 Å². The fraction of sp³-hybridized carbons (Fsp3) is 0.462. The topological polar surface area (TPSA) is 17.1 Å². The smallest absolute Gasteiger partial charge is 0.159 e. The van der Waals surface area contributed by atoms with E-state index in [0.717, 1.165) is 11.6 Å².